The van der Waals surface area contributed by atoms with Crippen LogP contribution in [0.25, 0.3) is 5.57 Å². The number of guanidine groups is 1. The molecule has 27 heavy (non-hydrogen) atoms. The first-order chi connectivity index (χ1) is 13.2. The summed E-state index contributed by atoms with van der Waals surface area (Å²) >= 11 is 0. The van der Waals surface area contributed by atoms with E-state index in [1.807, 2.05) is 55.5 Å². The Morgan fingerprint density at radius 1 is 0.889 bits per heavy atom. The Labute approximate surface area is 157 Å². The first-order valence-electron chi connectivity index (χ1n) is 9.19. The molecule has 1 aliphatic carbocycles. The van der Waals surface area contributed by atoms with Gasteiger partial charge in [0.2, 0.25) is 5.96 Å². The molecule has 3 aliphatic rings. The van der Waals surface area contributed by atoms with Crippen LogP contribution in [0.2, 0.25) is 0 Å². The summed E-state index contributed by atoms with van der Waals surface area (Å²) in [6, 6.07) is 15.6. The van der Waals surface area contributed by atoms with Crippen LogP contribution in [0.3, 0.4) is 0 Å². The maximum Gasteiger partial charge on any atom is 0.226 e. The SMILES string of the molecule is Cc1ccccc1C1=C2N=C(N3CCOCC3)N=C2c2ccccc2C1=O. The standard InChI is InChI=1S/C22H19N3O2/c1-14-6-2-3-7-15(14)18-20-19(16-8-4-5-9-17(16)21(18)26)23-22(24-20)25-10-12-27-13-11-25/h2-9H,10-13H2,1H3. The second-order valence-corrected chi connectivity index (χ2v) is 6.88. The summed E-state index contributed by atoms with van der Waals surface area (Å²) in [5, 5.41) is 0. The van der Waals surface area contributed by atoms with Crippen LogP contribution < -0.4 is 0 Å². The van der Waals surface area contributed by atoms with Gasteiger partial charge in [-0.05, 0) is 18.1 Å². The van der Waals surface area contributed by atoms with Crippen LogP contribution in [0.4, 0.5) is 0 Å². The minimum atomic E-state index is 0.0147. The normalized spacial score (nSPS) is 18.9. The number of nitrogens with zero attached hydrogens (tertiary/aromatic N) is 3. The highest BCUT2D eigenvalue weighted by Gasteiger charge is 2.36. The number of benzene rings is 2. The van der Waals surface area contributed by atoms with Gasteiger partial charge in [0.05, 0.1) is 18.8 Å². The summed E-state index contributed by atoms with van der Waals surface area (Å²) in [6.45, 7) is 4.89. The van der Waals surface area contributed by atoms with Gasteiger partial charge in [0, 0.05) is 24.2 Å². The molecular weight excluding hydrogens is 338 g/mol. The lowest BCUT2D eigenvalue weighted by Gasteiger charge is -2.26. The maximum absolute atomic E-state index is 13.4. The largest absolute Gasteiger partial charge is 0.378 e. The lowest BCUT2D eigenvalue weighted by atomic mass is 9.83. The van der Waals surface area contributed by atoms with Gasteiger partial charge in [0.25, 0.3) is 0 Å². The topological polar surface area (TPSA) is 54.3 Å². The number of Topliss-reactive ketones (excluding diaryl/α,β-unsaturated/α-hetero) is 1. The highest BCUT2D eigenvalue weighted by atomic mass is 16.5. The first kappa shape index (κ1) is 16.1. The Hall–Kier alpha value is -3.05. The number of morpholine rings is 1. The highest BCUT2D eigenvalue weighted by molar-refractivity contribution is 6.43. The van der Waals surface area contributed by atoms with E-state index in [9.17, 15) is 4.79 Å². The van der Waals surface area contributed by atoms with Crippen molar-refractivity contribution in [3.8, 4) is 0 Å². The number of aliphatic imine (C=N–C) groups is 2. The summed E-state index contributed by atoms with van der Waals surface area (Å²) in [7, 11) is 0. The molecular formula is C22H19N3O2. The number of rotatable bonds is 1. The van der Waals surface area contributed by atoms with Gasteiger partial charge in [-0.25, -0.2) is 9.98 Å². The molecule has 1 fully saturated rings. The van der Waals surface area contributed by atoms with Crippen molar-refractivity contribution in [2.24, 2.45) is 9.98 Å². The molecule has 1 saturated heterocycles. The fourth-order valence-electron chi connectivity index (χ4n) is 3.83. The van der Waals surface area contributed by atoms with Crippen LogP contribution >= 0.6 is 0 Å². The molecule has 0 N–H and O–H groups in total. The molecule has 0 spiro atoms. The molecule has 0 saturated carbocycles. The second kappa shape index (κ2) is 6.28. The number of ether oxygens (including phenoxy) is 1. The van der Waals surface area contributed by atoms with Crippen molar-refractivity contribution in [3.63, 3.8) is 0 Å². The molecule has 5 nitrogen and oxygen atoms in total. The number of carbonyl (C=O) groups excluding carboxylic acids is 1. The predicted octanol–water partition coefficient (Wildman–Crippen LogP) is 3.09. The molecule has 134 valence electrons. The molecule has 0 unspecified atom stereocenters. The average Bonchev–Trinajstić information content (AvgIpc) is 3.15. The zero-order chi connectivity index (χ0) is 18.4. The summed E-state index contributed by atoms with van der Waals surface area (Å²) in [6.07, 6.45) is 0. The smallest absolute Gasteiger partial charge is 0.226 e. The molecule has 5 heteroatoms. The van der Waals surface area contributed by atoms with Gasteiger partial charge in [0.15, 0.2) is 5.78 Å². The van der Waals surface area contributed by atoms with E-state index in [4.69, 9.17) is 14.7 Å². The van der Waals surface area contributed by atoms with E-state index >= 15 is 0 Å². The van der Waals surface area contributed by atoms with Crippen molar-refractivity contribution in [1.82, 2.24) is 4.90 Å². The van der Waals surface area contributed by atoms with Gasteiger partial charge in [-0.2, -0.15) is 0 Å². The second-order valence-electron chi connectivity index (χ2n) is 6.88. The number of ketones is 1. The van der Waals surface area contributed by atoms with E-state index in [0.717, 1.165) is 35.5 Å². The number of allylic oxidation sites excluding steroid dienone is 2. The van der Waals surface area contributed by atoms with E-state index < -0.39 is 0 Å². The maximum atomic E-state index is 13.4. The van der Waals surface area contributed by atoms with Crippen molar-refractivity contribution in [3.05, 3.63) is 76.5 Å². The Morgan fingerprint density at radius 2 is 1.56 bits per heavy atom. The molecule has 0 atom stereocenters. The molecule has 2 aromatic rings. The van der Waals surface area contributed by atoms with Crippen LogP contribution in [0.1, 0.15) is 27.0 Å². The van der Waals surface area contributed by atoms with Crippen LogP contribution in [-0.4, -0.2) is 48.7 Å². The third-order valence-corrected chi connectivity index (χ3v) is 5.25. The van der Waals surface area contributed by atoms with Gasteiger partial charge in [-0.15, -0.1) is 0 Å². The van der Waals surface area contributed by atoms with Crippen molar-refractivity contribution in [1.29, 1.82) is 0 Å². The van der Waals surface area contributed by atoms with Crippen molar-refractivity contribution < 1.29 is 9.53 Å². The number of aryl methyl sites for hydroxylation is 1. The van der Waals surface area contributed by atoms with Gasteiger partial charge < -0.3 is 9.64 Å². The molecule has 0 bridgehead atoms. The van der Waals surface area contributed by atoms with Crippen LogP contribution in [0.15, 0.2) is 64.2 Å². The van der Waals surface area contributed by atoms with Gasteiger partial charge in [0.1, 0.15) is 11.4 Å². The Bertz CT molecular complexity index is 1040. The predicted molar refractivity (Wildman–Crippen MR) is 105 cm³/mol. The van der Waals surface area contributed by atoms with E-state index in [0.29, 0.717) is 36.0 Å². The number of hydrogen-bond donors (Lipinski definition) is 0. The Balaban J connectivity index is 1.73. The first-order valence-corrected chi connectivity index (χ1v) is 9.19. The van der Waals surface area contributed by atoms with E-state index in [2.05, 4.69) is 4.90 Å². The fraction of sp³-hybridized carbons (Fsp3) is 0.227. The fourth-order valence-corrected chi connectivity index (χ4v) is 3.83. The zero-order valence-electron chi connectivity index (χ0n) is 15.1. The summed E-state index contributed by atoms with van der Waals surface area (Å²) in [5.41, 5.74) is 5.67. The quantitative estimate of drug-likeness (QED) is 0.788. The molecule has 2 aliphatic heterocycles. The Morgan fingerprint density at radius 3 is 2.30 bits per heavy atom. The van der Waals surface area contributed by atoms with Crippen LogP contribution in [0.5, 0.6) is 0 Å². The summed E-state index contributed by atoms with van der Waals surface area (Å²) < 4.78 is 5.45. The number of hydrogen-bond acceptors (Lipinski definition) is 5. The van der Waals surface area contributed by atoms with E-state index in [-0.39, 0.29) is 5.78 Å². The van der Waals surface area contributed by atoms with Crippen LogP contribution in [-0.2, 0) is 4.74 Å². The Kier molecular flexibility index (Phi) is 3.76. The number of fused-ring (bicyclic) bond motifs is 3. The summed E-state index contributed by atoms with van der Waals surface area (Å²) in [5.74, 6) is 0.694. The van der Waals surface area contributed by atoms with Gasteiger partial charge in [-0.1, -0.05) is 48.5 Å². The molecule has 0 aromatic heterocycles. The molecule has 2 aromatic carbocycles. The van der Waals surface area contributed by atoms with Crippen molar-refractivity contribution in [2.75, 3.05) is 26.3 Å². The monoisotopic (exact) mass is 357 g/mol. The zero-order valence-corrected chi connectivity index (χ0v) is 15.1. The lowest BCUT2D eigenvalue weighted by Crippen LogP contribution is -2.39. The molecule has 0 radical (unpaired) electrons. The highest BCUT2D eigenvalue weighted by Crippen LogP contribution is 2.37. The minimum absolute atomic E-state index is 0.0147. The minimum Gasteiger partial charge on any atom is -0.378 e. The number of carbonyl (C=O) groups is 1. The van der Waals surface area contributed by atoms with Gasteiger partial charge >= 0.3 is 0 Å². The third-order valence-electron chi connectivity index (χ3n) is 5.25. The van der Waals surface area contributed by atoms with Crippen LogP contribution in [0, 0.1) is 6.92 Å². The van der Waals surface area contributed by atoms with Crippen molar-refractivity contribution >= 4 is 23.0 Å². The van der Waals surface area contributed by atoms with E-state index in [1.54, 1.807) is 0 Å². The summed E-state index contributed by atoms with van der Waals surface area (Å²) in [4.78, 5) is 25.2. The van der Waals surface area contributed by atoms with Gasteiger partial charge in [-0.3, -0.25) is 4.79 Å². The molecule has 2 heterocycles. The molecule has 0 amide bonds. The third kappa shape index (κ3) is 2.54. The van der Waals surface area contributed by atoms with Crippen molar-refractivity contribution in [2.45, 2.75) is 6.92 Å². The molecule has 5 rings (SSSR count). The van der Waals surface area contributed by atoms with E-state index in [1.165, 1.54) is 0 Å². The lowest BCUT2D eigenvalue weighted by molar-refractivity contribution is 0.0677. The average molecular weight is 357 g/mol.